The number of nitrogens with zero attached hydrogens (tertiary/aromatic N) is 4. The minimum absolute atomic E-state index is 0.0108. The van der Waals surface area contributed by atoms with Gasteiger partial charge in [0, 0.05) is 37.3 Å². The third-order valence-electron chi connectivity index (χ3n) is 7.70. The van der Waals surface area contributed by atoms with Gasteiger partial charge in [-0.1, -0.05) is 53.4 Å². The Hall–Kier alpha value is -4.82. The SMILES string of the molecule is CCCCN(CCCC)C(=O)c1ccc(Oc2ccc(C#N)c(C#N)c2Oc2ccc(C(=O)N(CCCC)CCCC)cc2)cc1. The van der Waals surface area contributed by atoms with E-state index in [2.05, 4.69) is 33.8 Å². The summed E-state index contributed by atoms with van der Waals surface area (Å²) in [5.41, 5.74) is 1.32. The lowest BCUT2D eigenvalue weighted by Crippen LogP contribution is -2.32. The molecule has 3 rings (SSSR count). The molecule has 2 amide bonds. The van der Waals surface area contributed by atoms with E-state index >= 15 is 0 Å². The van der Waals surface area contributed by atoms with Crippen LogP contribution in [0.25, 0.3) is 0 Å². The van der Waals surface area contributed by atoms with Crippen LogP contribution in [0.15, 0.2) is 60.7 Å². The predicted molar refractivity (Wildman–Crippen MR) is 180 cm³/mol. The highest BCUT2D eigenvalue weighted by Gasteiger charge is 2.20. The largest absolute Gasteiger partial charge is 0.453 e. The summed E-state index contributed by atoms with van der Waals surface area (Å²) in [6.07, 6.45) is 7.85. The van der Waals surface area contributed by atoms with Crippen LogP contribution in [-0.4, -0.2) is 47.8 Å². The van der Waals surface area contributed by atoms with Gasteiger partial charge in [0.15, 0.2) is 11.5 Å². The van der Waals surface area contributed by atoms with E-state index in [0.29, 0.717) is 35.7 Å². The van der Waals surface area contributed by atoms with Crippen LogP contribution in [0.1, 0.15) is 111 Å². The van der Waals surface area contributed by atoms with Crippen molar-refractivity contribution in [3.8, 4) is 35.1 Å². The van der Waals surface area contributed by atoms with E-state index < -0.39 is 0 Å². The van der Waals surface area contributed by atoms with Crippen molar-refractivity contribution in [2.45, 2.75) is 79.1 Å². The van der Waals surface area contributed by atoms with Crippen molar-refractivity contribution < 1.29 is 19.1 Å². The van der Waals surface area contributed by atoms with Crippen LogP contribution in [-0.2, 0) is 0 Å². The molecule has 8 nitrogen and oxygen atoms in total. The molecule has 0 aliphatic heterocycles. The van der Waals surface area contributed by atoms with Crippen LogP contribution >= 0.6 is 0 Å². The summed E-state index contributed by atoms with van der Waals surface area (Å²) in [6.45, 7) is 11.3. The van der Waals surface area contributed by atoms with Crippen LogP contribution in [0.4, 0.5) is 0 Å². The van der Waals surface area contributed by atoms with Gasteiger partial charge in [-0.05, 0) is 86.3 Å². The van der Waals surface area contributed by atoms with Gasteiger partial charge < -0.3 is 19.3 Å². The van der Waals surface area contributed by atoms with E-state index in [1.165, 1.54) is 6.07 Å². The number of amides is 2. The molecule has 0 saturated heterocycles. The second-order valence-electron chi connectivity index (χ2n) is 11.3. The van der Waals surface area contributed by atoms with E-state index in [9.17, 15) is 20.1 Å². The minimum atomic E-state index is -0.0255. The molecule has 3 aromatic carbocycles. The molecular formula is C38H46N4O4. The Morgan fingerprint density at radius 2 is 1.00 bits per heavy atom. The maximum atomic E-state index is 13.2. The number of benzene rings is 3. The summed E-state index contributed by atoms with van der Waals surface area (Å²) in [6, 6.07) is 20.9. The number of hydrogen-bond acceptors (Lipinski definition) is 6. The molecule has 0 spiro atoms. The standard InChI is InChI=1S/C38H46N4O4/c1-5-9-23-41(24-10-6-2)37(43)29-13-18-32(19-14-29)45-35-22-17-31(27-39)34(28-40)36(35)46-33-20-15-30(16-21-33)38(44)42(25-11-7-3)26-12-8-4/h13-22H,5-12,23-26H2,1-4H3. The zero-order valence-electron chi connectivity index (χ0n) is 27.7. The molecule has 0 aliphatic rings. The first-order chi connectivity index (χ1) is 22.4. The third-order valence-corrected chi connectivity index (χ3v) is 7.70. The number of hydrogen-bond donors (Lipinski definition) is 0. The Morgan fingerprint density at radius 3 is 1.37 bits per heavy atom. The first-order valence-corrected chi connectivity index (χ1v) is 16.5. The third kappa shape index (κ3) is 9.84. The summed E-state index contributed by atoms with van der Waals surface area (Å²) >= 11 is 0. The number of nitriles is 2. The Kier molecular flexibility index (Phi) is 14.6. The lowest BCUT2D eigenvalue weighted by Gasteiger charge is -2.23. The first-order valence-electron chi connectivity index (χ1n) is 16.5. The summed E-state index contributed by atoms with van der Waals surface area (Å²) in [4.78, 5) is 30.2. The summed E-state index contributed by atoms with van der Waals surface area (Å²) in [5, 5.41) is 19.6. The minimum Gasteiger partial charge on any atom is -0.453 e. The van der Waals surface area contributed by atoms with E-state index in [-0.39, 0.29) is 34.4 Å². The van der Waals surface area contributed by atoms with Crippen LogP contribution in [0, 0.1) is 22.7 Å². The molecule has 242 valence electrons. The van der Waals surface area contributed by atoms with E-state index in [1.54, 1.807) is 54.6 Å². The molecule has 46 heavy (non-hydrogen) atoms. The molecule has 0 fully saturated rings. The molecule has 0 unspecified atom stereocenters. The Balaban J connectivity index is 1.84. The number of unbranched alkanes of at least 4 members (excludes halogenated alkanes) is 4. The van der Waals surface area contributed by atoms with Crippen molar-refractivity contribution in [1.82, 2.24) is 9.80 Å². The molecular weight excluding hydrogens is 576 g/mol. The van der Waals surface area contributed by atoms with Gasteiger partial charge in [-0.25, -0.2) is 0 Å². The lowest BCUT2D eigenvalue weighted by molar-refractivity contribution is 0.0743. The summed E-state index contributed by atoms with van der Waals surface area (Å²) in [5.74, 6) is 1.14. The van der Waals surface area contributed by atoms with Crippen molar-refractivity contribution in [1.29, 1.82) is 10.5 Å². The van der Waals surface area contributed by atoms with Gasteiger partial charge in [0.25, 0.3) is 11.8 Å². The Labute approximate surface area is 274 Å². The Bertz CT molecular complexity index is 1490. The average molecular weight is 623 g/mol. The van der Waals surface area contributed by atoms with Gasteiger partial charge >= 0.3 is 0 Å². The molecule has 3 aromatic rings. The second-order valence-corrected chi connectivity index (χ2v) is 11.3. The van der Waals surface area contributed by atoms with Crippen molar-refractivity contribution in [2.24, 2.45) is 0 Å². The van der Waals surface area contributed by atoms with Crippen molar-refractivity contribution >= 4 is 11.8 Å². The fourth-order valence-electron chi connectivity index (χ4n) is 4.92. The van der Waals surface area contributed by atoms with Gasteiger partial charge in [0.1, 0.15) is 29.2 Å². The molecule has 8 heteroatoms. The topological polar surface area (TPSA) is 107 Å². The summed E-state index contributed by atoms with van der Waals surface area (Å²) < 4.78 is 12.3. The van der Waals surface area contributed by atoms with Crippen LogP contribution in [0.2, 0.25) is 0 Å². The highest BCUT2D eigenvalue weighted by atomic mass is 16.5. The monoisotopic (exact) mass is 622 g/mol. The van der Waals surface area contributed by atoms with Gasteiger partial charge in [-0.15, -0.1) is 0 Å². The summed E-state index contributed by atoms with van der Waals surface area (Å²) in [7, 11) is 0. The fourth-order valence-corrected chi connectivity index (χ4v) is 4.92. The molecule has 0 N–H and O–H groups in total. The molecule has 0 radical (unpaired) electrons. The lowest BCUT2D eigenvalue weighted by atomic mass is 10.1. The first kappa shape index (κ1) is 35.7. The van der Waals surface area contributed by atoms with Crippen LogP contribution in [0.3, 0.4) is 0 Å². The highest BCUT2D eigenvalue weighted by molar-refractivity contribution is 5.95. The number of carbonyl (C=O) groups is 2. The zero-order chi connectivity index (χ0) is 33.3. The molecule has 0 aromatic heterocycles. The molecule has 0 bridgehead atoms. The normalized spacial score (nSPS) is 10.5. The smallest absolute Gasteiger partial charge is 0.253 e. The Morgan fingerprint density at radius 1 is 0.587 bits per heavy atom. The molecule has 0 aliphatic carbocycles. The quantitative estimate of drug-likeness (QED) is 0.140. The molecule has 0 atom stereocenters. The predicted octanol–water partition coefficient (Wildman–Crippen LogP) is 9.10. The van der Waals surface area contributed by atoms with Gasteiger partial charge in [-0.3, -0.25) is 9.59 Å². The fraction of sp³-hybridized carbons (Fsp3) is 0.421. The molecule has 0 saturated carbocycles. The molecule has 0 heterocycles. The maximum Gasteiger partial charge on any atom is 0.253 e. The van der Waals surface area contributed by atoms with Crippen molar-refractivity contribution in [3.05, 3.63) is 82.9 Å². The average Bonchev–Trinajstić information content (AvgIpc) is 3.09. The van der Waals surface area contributed by atoms with Crippen molar-refractivity contribution in [2.75, 3.05) is 26.2 Å². The van der Waals surface area contributed by atoms with Gasteiger partial charge in [0.05, 0.1) is 5.56 Å². The number of carbonyl (C=O) groups excluding carboxylic acids is 2. The number of rotatable bonds is 18. The van der Waals surface area contributed by atoms with E-state index in [0.717, 1.165) is 64.5 Å². The van der Waals surface area contributed by atoms with Gasteiger partial charge in [-0.2, -0.15) is 10.5 Å². The van der Waals surface area contributed by atoms with Gasteiger partial charge in [0.2, 0.25) is 0 Å². The van der Waals surface area contributed by atoms with E-state index in [4.69, 9.17) is 9.47 Å². The van der Waals surface area contributed by atoms with Crippen LogP contribution < -0.4 is 9.47 Å². The van der Waals surface area contributed by atoms with Crippen LogP contribution in [0.5, 0.6) is 23.0 Å². The second kappa shape index (κ2) is 18.9. The maximum absolute atomic E-state index is 13.2. The van der Waals surface area contributed by atoms with E-state index in [1.807, 2.05) is 15.9 Å². The number of ether oxygens (including phenoxy) is 2. The van der Waals surface area contributed by atoms with Crippen molar-refractivity contribution in [3.63, 3.8) is 0 Å². The highest BCUT2D eigenvalue weighted by Crippen LogP contribution is 2.39. The zero-order valence-corrected chi connectivity index (χ0v) is 27.7.